The molecular weight excluding hydrogens is 573 g/mol. The number of benzene rings is 2. The molecule has 1 aromatic heterocycles. The van der Waals surface area contributed by atoms with E-state index in [-0.39, 0.29) is 37.3 Å². The topological polar surface area (TPSA) is 98.1 Å². The first-order valence-corrected chi connectivity index (χ1v) is 16.0. The number of nitrogens with zero attached hydrogens (tertiary/aromatic N) is 7. The van der Waals surface area contributed by atoms with Crippen molar-refractivity contribution in [3.05, 3.63) is 53.2 Å². The van der Waals surface area contributed by atoms with Crippen molar-refractivity contribution in [3.8, 4) is 12.1 Å². The molecule has 2 aromatic carbocycles. The Morgan fingerprint density at radius 2 is 1.96 bits per heavy atom. The third kappa shape index (κ3) is 6.82. The van der Waals surface area contributed by atoms with Crippen LogP contribution in [0, 0.1) is 18.3 Å². The van der Waals surface area contributed by atoms with E-state index in [1.807, 2.05) is 0 Å². The van der Waals surface area contributed by atoms with Crippen LogP contribution in [0.1, 0.15) is 36.1 Å². The molecule has 2 fully saturated rings. The smallest absolute Gasteiger partial charge is 0.318 e. The number of likely N-dealkylation sites (N-methyl/N-ethyl adjacent to an activating group) is 1. The molecule has 3 aliphatic heterocycles. The number of nitriles is 1. The summed E-state index contributed by atoms with van der Waals surface area (Å²) in [6.07, 6.45) is 1.24. The van der Waals surface area contributed by atoms with Gasteiger partial charge >= 0.3 is 6.01 Å². The van der Waals surface area contributed by atoms with Gasteiger partial charge in [-0.1, -0.05) is 30.3 Å². The van der Waals surface area contributed by atoms with Crippen LogP contribution in [0.5, 0.6) is 6.01 Å². The highest BCUT2D eigenvalue weighted by Crippen LogP contribution is 2.36. The predicted molar refractivity (Wildman–Crippen MR) is 171 cm³/mol. The minimum absolute atomic E-state index is 0.0686. The molecule has 238 valence electrons. The summed E-state index contributed by atoms with van der Waals surface area (Å²) in [6.45, 7) is 7.22. The summed E-state index contributed by atoms with van der Waals surface area (Å²) in [4.78, 5) is 31.3. The van der Waals surface area contributed by atoms with Gasteiger partial charge < -0.3 is 29.1 Å². The van der Waals surface area contributed by atoms with E-state index < -0.39 is 6.67 Å². The maximum absolute atomic E-state index is 12.9. The number of rotatable bonds is 9. The van der Waals surface area contributed by atoms with Gasteiger partial charge in [-0.25, -0.2) is 0 Å². The highest BCUT2D eigenvalue weighted by molar-refractivity contribution is 5.97. The molecular formula is C34H42FN7O3. The first-order chi connectivity index (χ1) is 21.9. The molecule has 3 aromatic rings. The number of amides is 1. The second kappa shape index (κ2) is 14.0. The number of carbonyl (C=O) groups excluding carboxylic acids is 1. The van der Waals surface area contributed by atoms with Gasteiger partial charge in [0.25, 0.3) is 0 Å². The Labute approximate surface area is 264 Å². The molecule has 10 nitrogen and oxygen atoms in total. The van der Waals surface area contributed by atoms with Crippen LogP contribution in [-0.2, 0) is 22.5 Å². The largest absolute Gasteiger partial charge is 0.461 e. The third-order valence-electron chi connectivity index (χ3n) is 9.15. The van der Waals surface area contributed by atoms with Crippen LogP contribution in [0.3, 0.4) is 0 Å². The predicted octanol–water partition coefficient (Wildman–Crippen LogP) is 3.89. The summed E-state index contributed by atoms with van der Waals surface area (Å²) in [6, 6.07) is 15.1. The Morgan fingerprint density at radius 3 is 2.76 bits per heavy atom. The minimum Gasteiger partial charge on any atom is -0.461 e. The molecule has 4 heterocycles. The number of ether oxygens (including phenoxy) is 2. The lowest BCUT2D eigenvalue weighted by Crippen LogP contribution is -2.55. The number of morpholine rings is 1. The molecule has 0 spiro atoms. The van der Waals surface area contributed by atoms with E-state index >= 15 is 0 Å². The summed E-state index contributed by atoms with van der Waals surface area (Å²) < 4.78 is 25.0. The van der Waals surface area contributed by atoms with Crippen molar-refractivity contribution in [2.75, 3.05) is 76.0 Å². The molecule has 0 N–H and O–H groups in total. The van der Waals surface area contributed by atoms with Crippen LogP contribution in [0.4, 0.5) is 15.9 Å². The summed E-state index contributed by atoms with van der Waals surface area (Å²) in [5, 5.41) is 12.1. The van der Waals surface area contributed by atoms with Gasteiger partial charge in [-0.3, -0.25) is 9.18 Å². The zero-order chi connectivity index (χ0) is 31.3. The van der Waals surface area contributed by atoms with Crippen LogP contribution in [-0.4, -0.2) is 104 Å². The Kier molecular flexibility index (Phi) is 9.61. The molecule has 2 atom stereocenters. The highest BCUT2D eigenvalue weighted by atomic mass is 19.1. The van der Waals surface area contributed by atoms with E-state index in [4.69, 9.17) is 19.4 Å². The standard InChI is InChI=1S/C34H42FN7O3/c1-24-6-3-7-25-8-4-9-30(32(24)25)40-15-12-28-29(22-40)37-34(45-23-27-21-39(2)18-19-44-27)38-33(28)41-16-17-42(26(20-41)11-14-36)31(43)10-5-13-35/h3-4,6-9,26-27H,5,10-13,15-23H2,1-2H3/t26-,27?/m0/s1. The van der Waals surface area contributed by atoms with E-state index in [2.05, 4.69) is 71.1 Å². The van der Waals surface area contributed by atoms with Crippen LogP contribution < -0.4 is 14.5 Å². The summed E-state index contributed by atoms with van der Waals surface area (Å²) >= 11 is 0. The van der Waals surface area contributed by atoms with E-state index in [9.17, 15) is 14.4 Å². The van der Waals surface area contributed by atoms with E-state index in [1.165, 1.54) is 22.0 Å². The van der Waals surface area contributed by atoms with Gasteiger partial charge in [0.1, 0.15) is 18.5 Å². The fourth-order valence-corrected chi connectivity index (χ4v) is 6.84. The maximum Gasteiger partial charge on any atom is 0.318 e. The number of hydrogen-bond donors (Lipinski definition) is 0. The number of aryl methyl sites for hydroxylation is 1. The Hall–Kier alpha value is -4.01. The van der Waals surface area contributed by atoms with Crippen molar-refractivity contribution in [2.24, 2.45) is 0 Å². The van der Waals surface area contributed by atoms with Crippen LogP contribution in [0.15, 0.2) is 36.4 Å². The third-order valence-corrected chi connectivity index (χ3v) is 9.15. The van der Waals surface area contributed by atoms with Gasteiger partial charge in [0.05, 0.1) is 44.1 Å². The molecule has 1 unspecified atom stereocenters. The first kappa shape index (κ1) is 31.0. The van der Waals surface area contributed by atoms with Crippen molar-refractivity contribution in [1.29, 1.82) is 5.26 Å². The van der Waals surface area contributed by atoms with Gasteiger partial charge in [-0.05, 0) is 43.8 Å². The van der Waals surface area contributed by atoms with Crippen LogP contribution in [0.2, 0.25) is 0 Å². The van der Waals surface area contributed by atoms with Gasteiger partial charge in [0, 0.05) is 62.3 Å². The number of aromatic nitrogens is 2. The second-order valence-electron chi connectivity index (χ2n) is 12.3. The molecule has 0 saturated carbocycles. The van der Waals surface area contributed by atoms with E-state index in [0.717, 1.165) is 43.1 Å². The van der Waals surface area contributed by atoms with Crippen molar-refractivity contribution >= 4 is 28.2 Å². The Balaban J connectivity index is 1.30. The zero-order valence-corrected chi connectivity index (χ0v) is 26.3. The lowest BCUT2D eigenvalue weighted by Gasteiger charge is -2.42. The number of piperazine rings is 1. The quantitative estimate of drug-likeness (QED) is 0.355. The fourth-order valence-electron chi connectivity index (χ4n) is 6.84. The second-order valence-corrected chi connectivity index (χ2v) is 12.3. The van der Waals surface area contributed by atoms with Crippen molar-refractivity contribution < 1.29 is 18.7 Å². The fraction of sp³-hybridized carbons (Fsp3) is 0.529. The van der Waals surface area contributed by atoms with Crippen molar-refractivity contribution in [3.63, 3.8) is 0 Å². The Bertz CT molecular complexity index is 1560. The van der Waals surface area contributed by atoms with Crippen LogP contribution in [0.25, 0.3) is 10.8 Å². The number of halogens is 1. The summed E-state index contributed by atoms with van der Waals surface area (Å²) in [7, 11) is 2.08. The molecule has 45 heavy (non-hydrogen) atoms. The number of hydrogen-bond acceptors (Lipinski definition) is 9. The highest BCUT2D eigenvalue weighted by Gasteiger charge is 2.34. The van der Waals surface area contributed by atoms with Gasteiger partial charge in [-0.15, -0.1) is 0 Å². The van der Waals surface area contributed by atoms with Gasteiger partial charge in [0.2, 0.25) is 5.91 Å². The molecule has 2 saturated heterocycles. The molecule has 0 bridgehead atoms. The number of alkyl halides is 1. The van der Waals surface area contributed by atoms with Gasteiger partial charge in [-0.2, -0.15) is 15.2 Å². The van der Waals surface area contributed by atoms with E-state index in [1.54, 1.807) is 4.90 Å². The summed E-state index contributed by atoms with van der Waals surface area (Å²) in [5.74, 6) is 0.712. The molecule has 3 aliphatic rings. The zero-order valence-electron chi connectivity index (χ0n) is 26.3. The lowest BCUT2D eigenvalue weighted by molar-refractivity contribution is -0.134. The van der Waals surface area contributed by atoms with E-state index in [0.29, 0.717) is 45.4 Å². The number of fused-ring (bicyclic) bond motifs is 2. The molecule has 0 radical (unpaired) electrons. The Morgan fingerprint density at radius 1 is 1.11 bits per heavy atom. The lowest BCUT2D eigenvalue weighted by atomic mass is 9.99. The molecule has 6 rings (SSSR count). The average Bonchev–Trinajstić information content (AvgIpc) is 3.05. The SMILES string of the molecule is Cc1cccc2cccc(N3CCc4c(nc(OCC5CN(C)CCO5)nc4N4CCN(C(=O)CCCF)[C@@H](CC#N)C4)C3)c12. The van der Waals surface area contributed by atoms with Crippen molar-refractivity contribution in [1.82, 2.24) is 19.8 Å². The van der Waals surface area contributed by atoms with Crippen LogP contribution >= 0.6 is 0 Å². The monoisotopic (exact) mass is 615 g/mol. The molecule has 0 aliphatic carbocycles. The molecule has 11 heteroatoms. The summed E-state index contributed by atoms with van der Waals surface area (Å²) in [5.41, 5.74) is 4.43. The first-order valence-electron chi connectivity index (χ1n) is 16.0. The molecule has 1 amide bonds. The maximum atomic E-state index is 12.9. The number of carbonyl (C=O) groups is 1. The van der Waals surface area contributed by atoms with Crippen molar-refractivity contribution in [2.45, 2.75) is 51.3 Å². The number of anilines is 2. The van der Waals surface area contributed by atoms with Gasteiger partial charge in [0.15, 0.2) is 0 Å². The average molecular weight is 616 g/mol. The minimum atomic E-state index is -0.526. The normalized spacial score (nSPS) is 20.6.